The first kappa shape index (κ1) is 11.8. The average Bonchev–Trinajstić information content (AvgIpc) is 2.71. The first-order chi connectivity index (χ1) is 8.24. The molecule has 4 heteroatoms. The second-order valence-corrected chi connectivity index (χ2v) is 4.04. The van der Waals surface area contributed by atoms with Crippen molar-refractivity contribution in [1.29, 1.82) is 0 Å². The molecule has 2 rings (SSSR count). The highest BCUT2D eigenvalue weighted by Gasteiger charge is 1.97. The van der Waals surface area contributed by atoms with Gasteiger partial charge in [0, 0.05) is 19.8 Å². The van der Waals surface area contributed by atoms with E-state index < -0.39 is 0 Å². The van der Waals surface area contributed by atoms with Crippen molar-refractivity contribution in [3.05, 3.63) is 53.6 Å². The lowest BCUT2D eigenvalue weighted by Gasteiger charge is -2.03. The van der Waals surface area contributed by atoms with Crippen LogP contribution in [0.5, 0.6) is 0 Å². The van der Waals surface area contributed by atoms with Crippen LogP contribution in [0.3, 0.4) is 0 Å². The summed E-state index contributed by atoms with van der Waals surface area (Å²) in [7, 11) is 1.90. The van der Waals surface area contributed by atoms with Crippen LogP contribution in [-0.4, -0.2) is 16.3 Å². The Kier molecular flexibility index (Phi) is 3.88. The summed E-state index contributed by atoms with van der Waals surface area (Å²) in [6.07, 6.45) is 2.74. The van der Waals surface area contributed by atoms with Crippen molar-refractivity contribution < 1.29 is 4.39 Å². The second-order valence-electron chi connectivity index (χ2n) is 4.04. The minimum absolute atomic E-state index is 0.174. The van der Waals surface area contributed by atoms with E-state index in [1.807, 2.05) is 25.4 Å². The zero-order valence-electron chi connectivity index (χ0n) is 9.86. The van der Waals surface area contributed by atoms with Gasteiger partial charge >= 0.3 is 0 Å². The summed E-state index contributed by atoms with van der Waals surface area (Å²) in [6.45, 7) is 1.57. The molecule has 0 aliphatic carbocycles. The van der Waals surface area contributed by atoms with Crippen LogP contribution in [0.25, 0.3) is 0 Å². The molecule has 17 heavy (non-hydrogen) atoms. The van der Waals surface area contributed by atoms with Gasteiger partial charge in [0.1, 0.15) is 5.82 Å². The smallest absolute Gasteiger partial charge is 0.123 e. The van der Waals surface area contributed by atoms with E-state index in [1.54, 1.807) is 16.8 Å². The van der Waals surface area contributed by atoms with Crippen molar-refractivity contribution in [1.82, 2.24) is 15.1 Å². The molecule has 0 fully saturated rings. The van der Waals surface area contributed by atoms with E-state index in [2.05, 4.69) is 10.4 Å². The predicted molar refractivity (Wildman–Crippen MR) is 65.0 cm³/mol. The maximum Gasteiger partial charge on any atom is 0.123 e. The molecule has 1 heterocycles. The maximum absolute atomic E-state index is 12.9. The van der Waals surface area contributed by atoms with Gasteiger partial charge in [0.2, 0.25) is 0 Å². The standard InChI is InChI=1S/C13H16FN3/c1-17-8-6-13(16-17)10-15-7-5-11-3-2-4-12(14)9-11/h2-4,6,8-9,15H,5,7,10H2,1H3. The van der Waals surface area contributed by atoms with Crippen molar-refractivity contribution in [2.75, 3.05) is 6.54 Å². The monoisotopic (exact) mass is 233 g/mol. The van der Waals surface area contributed by atoms with Crippen LogP contribution in [0.1, 0.15) is 11.3 Å². The van der Waals surface area contributed by atoms with Crippen molar-refractivity contribution in [3.63, 3.8) is 0 Å². The zero-order chi connectivity index (χ0) is 12.1. The highest BCUT2D eigenvalue weighted by atomic mass is 19.1. The fourth-order valence-electron chi connectivity index (χ4n) is 1.70. The lowest BCUT2D eigenvalue weighted by molar-refractivity contribution is 0.621. The van der Waals surface area contributed by atoms with E-state index in [1.165, 1.54) is 6.07 Å². The van der Waals surface area contributed by atoms with Crippen molar-refractivity contribution in [3.8, 4) is 0 Å². The van der Waals surface area contributed by atoms with Crippen LogP contribution in [0.15, 0.2) is 36.5 Å². The summed E-state index contributed by atoms with van der Waals surface area (Å²) in [5.41, 5.74) is 2.03. The fourth-order valence-corrected chi connectivity index (χ4v) is 1.70. The van der Waals surface area contributed by atoms with Gasteiger partial charge in [0.15, 0.2) is 0 Å². The highest BCUT2D eigenvalue weighted by Crippen LogP contribution is 2.03. The molecule has 1 aromatic carbocycles. The molecule has 0 spiro atoms. The third-order valence-corrected chi connectivity index (χ3v) is 2.55. The average molecular weight is 233 g/mol. The Morgan fingerprint density at radius 1 is 1.35 bits per heavy atom. The molecule has 0 amide bonds. The molecule has 0 radical (unpaired) electrons. The lowest BCUT2D eigenvalue weighted by Crippen LogP contribution is -2.17. The molecule has 0 atom stereocenters. The molecule has 0 saturated heterocycles. The van der Waals surface area contributed by atoms with Gasteiger partial charge in [-0.2, -0.15) is 5.10 Å². The van der Waals surface area contributed by atoms with Crippen LogP contribution < -0.4 is 5.32 Å². The molecule has 0 aliphatic rings. The minimum atomic E-state index is -0.174. The second kappa shape index (κ2) is 5.59. The van der Waals surface area contributed by atoms with Crippen LogP contribution in [0, 0.1) is 5.82 Å². The van der Waals surface area contributed by atoms with Crippen LogP contribution in [0.4, 0.5) is 4.39 Å². The Labute approximate surface area is 100 Å². The number of hydrogen-bond acceptors (Lipinski definition) is 2. The lowest BCUT2D eigenvalue weighted by atomic mass is 10.1. The van der Waals surface area contributed by atoms with Gasteiger partial charge in [0.25, 0.3) is 0 Å². The summed E-state index contributed by atoms with van der Waals surface area (Å²) < 4.78 is 14.7. The SMILES string of the molecule is Cn1ccc(CNCCc2cccc(F)c2)n1. The Morgan fingerprint density at radius 3 is 2.94 bits per heavy atom. The molecule has 0 unspecified atom stereocenters. The third-order valence-electron chi connectivity index (χ3n) is 2.55. The van der Waals surface area contributed by atoms with E-state index >= 15 is 0 Å². The minimum Gasteiger partial charge on any atom is -0.311 e. The zero-order valence-corrected chi connectivity index (χ0v) is 9.86. The number of aromatic nitrogens is 2. The van der Waals surface area contributed by atoms with Gasteiger partial charge in [-0.15, -0.1) is 0 Å². The molecule has 2 aromatic rings. The summed E-state index contributed by atoms with van der Waals surface area (Å²) >= 11 is 0. The molecular formula is C13H16FN3. The molecule has 3 nitrogen and oxygen atoms in total. The van der Waals surface area contributed by atoms with Crippen molar-refractivity contribution >= 4 is 0 Å². The third kappa shape index (κ3) is 3.67. The number of rotatable bonds is 5. The van der Waals surface area contributed by atoms with E-state index in [4.69, 9.17) is 0 Å². The van der Waals surface area contributed by atoms with Gasteiger partial charge in [-0.3, -0.25) is 4.68 Å². The summed E-state index contributed by atoms with van der Waals surface area (Å²) in [4.78, 5) is 0. The van der Waals surface area contributed by atoms with Crippen LogP contribution in [0.2, 0.25) is 0 Å². The quantitative estimate of drug-likeness (QED) is 0.799. The van der Waals surface area contributed by atoms with Gasteiger partial charge in [-0.05, 0) is 36.7 Å². The van der Waals surface area contributed by atoms with Gasteiger partial charge in [0.05, 0.1) is 5.69 Å². The largest absolute Gasteiger partial charge is 0.311 e. The summed E-state index contributed by atoms with van der Waals surface area (Å²) in [5.74, 6) is -0.174. The number of aryl methyl sites for hydroxylation is 1. The Bertz CT molecular complexity index is 479. The molecule has 1 N–H and O–H groups in total. The topological polar surface area (TPSA) is 29.9 Å². The van der Waals surface area contributed by atoms with Gasteiger partial charge < -0.3 is 5.32 Å². The predicted octanol–water partition coefficient (Wildman–Crippen LogP) is 1.89. The van der Waals surface area contributed by atoms with E-state index in [9.17, 15) is 4.39 Å². The number of hydrogen-bond donors (Lipinski definition) is 1. The molecule has 90 valence electrons. The molecule has 0 aliphatic heterocycles. The molecular weight excluding hydrogens is 217 g/mol. The molecule has 0 bridgehead atoms. The van der Waals surface area contributed by atoms with Gasteiger partial charge in [-0.25, -0.2) is 4.39 Å². The Hall–Kier alpha value is -1.68. The van der Waals surface area contributed by atoms with E-state index in [0.29, 0.717) is 0 Å². The van der Waals surface area contributed by atoms with E-state index in [0.717, 1.165) is 30.8 Å². The van der Waals surface area contributed by atoms with Crippen molar-refractivity contribution in [2.24, 2.45) is 7.05 Å². The summed E-state index contributed by atoms with van der Waals surface area (Å²) in [6, 6.07) is 8.69. The Balaban J connectivity index is 1.73. The number of benzene rings is 1. The maximum atomic E-state index is 12.9. The van der Waals surface area contributed by atoms with Gasteiger partial charge in [-0.1, -0.05) is 12.1 Å². The molecule has 0 saturated carbocycles. The fraction of sp³-hybridized carbons (Fsp3) is 0.308. The number of nitrogens with zero attached hydrogens (tertiary/aromatic N) is 2. The molecule has 1 aromatic heterocycles. The van der Waals surface area contributed by atoms with Crippen LogP contribution >= 0.6 is 0 Å². The first-order valence-corrected chi connectivity index (χ1v) is 5.68. The van der Waals surface area contributed by atoms with Crippen LogP contribution in [-0.2, 0) is 20.0 Å². The normalized spacial score (nSPS) is 10.7. The summed E-state index contributed by atoms with van der Waals surface area (Å²) in [5, 5.41) is 7.55. The van der Waals surface area contributed by atoms with E-state index in [-0.39, 0.29) is 5.82 Å². The first-order valence-electron chi connectivity index (χ1n) is 5.68. The Morgan fingerprint density at radius 2 is 2.24 bits per heavy atom. The van der Waals surface area contributed by atoms with Crippen molar-refractivity contribution in [2.45, 2.75) is 13.0 Å². The highest BCUT2D eigenvalue weighted by molar-refractivity contribution is 5.16. The number of halogens is 1. The number of nitrogens with one attached hydrogen (secondary N) is 1.